The van der Waals surface area contributed by atoms with Gasteiger partial charge >= 0.3 is 0 Å². The van der Waals surface area contributed by atoms with Gasteiger partial charge in [0.1, 0.15) is 0 Å². The Labute approximate surface area is 208 Å². The second kappa shape index (κ2) is 8.98. The van der Waals surface area contributed by atoms with E-state index < -0.39 is 0 Å². The molecule has 35 heavy (non-hydrogen) atoms. The molecule has 0 saturated carbocycles. The van der Waals surface area contributed by atoms with Crippen molar-refractivity contribution >= 4 is 23.2 Å². The molecule has 6 nitrogen and oxygen atoms in total. The van der Waals surface area contributed by atoms with Crippen LogP contribution in [0.25, 0.3) is 0 Å². The summed E-state index contributed by atoms with van der Waals surface area (Å²) in [5.41, 5.74) is 6.03. The summed E-state index contributed by atoms with van der Waals surface area (Å²) in [6.07, 6.45) is 7.40. The summed E-state index contributed by atoms with van der Waals surface area (Å²) < 4.78 is 0. The van der Waals surface area contributed by atoms with Crippen LogP contribution in [0.3, 0.4) is 0 Å². The summed E-state index contributed by atoms with van der Waals surface area (Å²) in [5, 5.41) is 5.98. The molecule has 3 aliphatic heterocycles. The van der Waals surface area contributed by atoms with E-state index in [1.807, 2.05) is 0 Å². The molecule has 0 aromatic heterocycles. The van der Waals surface area contributed by atoms with Gasteiger partial charge in [-0.25, -0.2) is 0 Å². The van der Waals surface area contributed by atoms with Crippen molar-refractivity contribution < 1.29 is 9.59 Å². The number of likely N-dealkylation sites (N-methyl/N-ethyl adjacent to an activating group) is 1. The first-order valence-electron chi connectivity index (χ1n) is 13.3. The van der Waals surface area contributed by atoms with E-state index in [4.69, 9.17) is 0 Å². The summed E-state index contributed by atoms with van der Waals surface area (Å²) in [7, 11) is 1.72. The van der Waals surface area contributed by atoms with E-state index in [0.717, 1.165) is 70.3 Å². The van der Waals surface area contributed by atoms with E-state index in [-0.39, 0.29) is 17.2 Å². The van der Waals surface area contributed by atoms with Crippen LogP contribution in [0.1, 0.15) is 61.1 Å². The number of nitrogens with zero attached hydrogens (tertiary/aromatic N) is 2. The lowest BCUT2D eigenvalue weighted by molar-refractivity contribution is -0.121. The number of para-hydroxylation sites is 1. The SMILES string of the molecule is CNC(=O)CN1c2ccccc2C2CCN(CCCCC34CCCc5cccc(c53)NC4=O)CC21. The van der Waals surface area contributed by atoms with Gasteiger partial charge in [-0.1, -0.05) is 36.8 Å². The Morgan fingerprint density at radius 1 is 1.17 bits per heavy atom. The van der Waals surface area contributed by atoms with Crippen LogP contribution < -0.4 is 15.5 Å². The third-order valence-electron chi connectivity index (χ3n) is 8.99. The fourth-order valence-electron chi connectivity index (χ4n) is 7.33. The molecule has 4 aliphatic rings. The summed E-state index contributed by atoms with van der Waals surface area (Å²) >= 11 is 0. The summed E-state index contributed by atoms with van der Waals surface area (Å²) in [5.74, 6) is 0.790. The Kier molecular flexibility index (Phi) is 5.79. The van der Waals surface area contributed by atoms with Crippen LogP contribution in [0.5, 0.6) is 0 Å². The van der Waals surface area contributed by atoms with Gasteiger partial charge in [0.05, 0.1) is 12.0 Å². The first-order valence-corrected chi connectivity index (χ1v) is 13.3. The molecule has 6 rings (SSSR count). The molecule has 3 heterocycles. The van der Waals surface area contributed by atoms with Crippen molar-refractivity contribution in [1.29, 1.82) is 0 Å². The molecule has 2 amide bonds. The molecule has 3 atom stereocenters. The van der Waals surface area contributed by atoms with Crippen LogP contribution in [0.2, 0.25) is 0 Å². The van der Waals surface area contributed by atoms with Gasteiger partial charge in [0, 0.05) is 36.9 Å². The van der Waals surface area contributed by atoms with Crippen molar-refractivity contribution in [3.8, 4) is 0 Å². The van der Waals surface area contributed by atoms with Crippen molar-refractivity contribution in [3.63, 3.8) is 0 Å². The lowest BCUT2D eigenvalue weighted by Crippen LogP contribution is -2.51. The number of fused-ring (bicyclic) bond motifs is 3. The van der Waals surface area contributed by atoms with Gasteiger partial charge in [-0.05, 0) is 80.4 Å². The highest BCUT2D eigenvalue weighted by molar-refractivity contribution is 6.07. The average molecular weight is 473 g/mol. The third kappa shape index (κ3) is 3.74. The number of hydrogen-bond acceptors (Lipinski definition) is 4. The minimum absolute atomic E-state index is 0.0683. The number of benzene rings is 2. The first kappa shape index (κ1) is 22.6. The van der Waals surface area contributed by atoms with Crippen LogP contribution in [0, 0.1) is 0 Å². The minimum Gasteiger partial charge on any atom is -0.358 e. The third-order valence-corrected chi connectivity index (χ3v) is 8.99. The van der Waals surface area contributed by atoms with Crippen LogP contribution in [-0.2, 0) is 21.4 Å². The van der Waals surface area contributed by atoms with Crippen molar-refractivity contribution in [2.75, 3.05) is 43.4 Å². The number of amides is 2. The molecule has 2 aromatic carbocycles. The zero-order valence-corrected chi connectivity index (χ0v) is 20.7. The zero-order chi connectivity index (χ0) is 24.0. The molecule has 184 valence electrons. The monoisotopic (exact) mass is 472 g/mol. The number of nitrogens with one attached hydrogen (secondary N) is 2. The lowest BCUT2D eigenvalue weighted by atomic mass is 9.68. The highest BCUT2D eigenvalue weighted by atomic mass is 16.2. The van der Waals surface area contributed by atoms with E-state index in [2.05, 4.69) is 62.9 Å². The fraction of sp³-hybridized carbons (Fsp3) is 0.517. The molecule has 0 radical (unpaired) electrons. The summed E-state index contributed by atoms with van der Waals surface area (Å²) in [6.45, 7) is 3.57. The van der Waals surface area contributed by atoms with E-state index in [1.54, 1.807) is 7.05 Å². The number of anilines is 2. The predicted molar refractivity (Wildman–Crippen MR) is 139 cm³/mol. The summed E-state index contributed by atoms with van der Waals surface area (Å²) in [4.78, 5) is 30.3. The maximum Gasteiger partial charge on any atom is 0.239 e. The number of likely N-dealkylation sites (tertiary alicyclic amines) is 1. The van der Waals surface area contributed by atoms with E-state index >= 15 is 0 Å². The minimum atomic E-state index is -0.311. The molecule has 3 unspecified atom stereocenters. The van der Waals surface area contributed by atoms with Gasteiger partial charge in [-0.3, -0.25) is 9.59 Å². The molecule has 0 spiro atoms. The van der Waals surface area contributed by atoms with Gasteiger partial charge in [-0.2, -0.15) is 0 Å². The molecule has 2 aromatic rings. The Balaban J connectivity index is 1.10. The predicted octanol–water partition coefficient (Wildman–Crippen LogP) is 3.81. The summed E-state index contributed by atoms with van der Waals surface area (Å²) in [6, 6.07) is 15.3. The number of carbonyl (C=O) groups is 2. The maximum atomic E-state index is 13.1. The standard InChI is InChI=1S/C29H36N4O2/c1-30-26(34)19-33-24-12-3-2-10-21(24)22-13-17-32(18-25(22)33)16-5-4-14-29-15-7-9-20-8-6-11-23(27(20)29)31-28(29)35/h2-3,6,8,10-12,22,25H,4-5,7,9,13-19H2,1H3,(H,30,34)(H,31,35). The average Bonchev–Trinajstić information content (AvgIpc) is 3.35. The maximum absolute atomic E-state index is 13.1. The highest BCUT2D eigenvalue weighted by Gasteiger charge is 2.48. The van der Waals surface area contributed by atoms with E-state index in [1.165, 1.54) is 22.4 Å². The molecular weight excluding hydrogens is 436 g/mol. The van der Waals surface area contributed by atoms with Gasteiger partial charge in [0.25, 0.3) is 0 Å². The molecule has 0 bridgehead atoms. The van der Waals surface area contributed by atoms with Crippen LogP contribution in [0.15, 0.2) is 42.5 Å². The molecule has 1 saturated heterocycles. The molecule has 1 aliphatic carbocycles. The highest BCUT2D eigenvalue weighted by Crippen LogP contribution is 2.49. The van der Waals surface area contributed by atoms with E-state index in [9.17, 15) is 9.59 Å². The largest absolute Gasteiger partial charge is 0.358 e. The van der Waals surface area contributed by atoms with E-state index in [0.29, 0.717) is 18.5 Å². The van der Waals surface area contributed by atoms with Crippen molar-refractivity contribution in [3.05, 3.63) is 59.2 Å². The van der Waals surface area contributed by atoms with Crippen molar-refractivity contribution in [2.24, 2.45) is 0 Å². The lowest BCUT2D eigenvalue weighted by Gasteiger charge is -2.39. The molecular formula is C29H36N4O2. The Hall–Kier alpha value is -2.86. The quantitative estimate of drug-likeness (QED) is 0.602. The number of hydrogen-bond donors (Lipinski definition) is 2. The molecule has 2 N–H and O–H groups in total. The number of unbranched alkanes of at least 4 members (excludes halogenated alkanes) is 1. The van der Waals surface area contributed by atoms with Gasteiger partial charge < -0.3 is 20.4 Å². The zero-order valence-electron chi connectivity index (χ0n) is 20.7. The second-order valence-corrected chi connectivity index (χ2v) is 10.8. The van der Waals surface area contributed by atoms with Gasteiger partial charge in [0.2, 0.25) is 11.8 Å². The van der Waals surface area contributed by atoms with Crippen LogP contribution in [-0.4, -0.2) is 56.0 Å². The van der Waals surface area contributed by atoms with Gasteiger partial charge in [-0.15, -0.1) is 0 Å². The first-order chi connectivity index (χ1) is 17.1. The normalized spacial score (nSPS) is 26.7. The number of aryl methyl sites for hydroxylation is 1. The van der Waals surface area contributed by atoms with Crippen molar-refractivity contribution in [1.82, 2.24) is 10.2 Å². The van der Waals surface area contributed by atoms with Gasteiger partial charge in [0.15, 0.2) is 0 Å². The second-order valence-electron chi connectivity index (χ2n) is 10.8. The topological polar surface area (TPSA) is 64.7 Å². The number of piperidine rings is 1. The fourth-order valence-corrected chi connectivity index (χ4v) is 7.33. The Bertz CT molecular complexity index is 1150. The Morgan fingerprint density at radius 3 is 2.94 bits per heavy atom. The number of rotatable bonds is 7. The molecule has 6 heteroatoms. The molecule has 1 fully saturated rings. The smallest absolute Gasteiger partial charge is 0.239 e. The van der Waals surface area contributed by atoms with Crippen molar-refractivity contribution in [2.45, 2.75) is 62.3 Å². The van der Waals surface area contributed by atoms with Crippen LogP contribution in [0.4, 0.5) is 11.4 Å². The Morgan fingerprint density at radius 2 is 2.06 bits per heavy atom. The number of carbonyl (C=O) groups excluding carboxylic acids is 2. The van der Waals surface area contributed by atoms with Crippen LogP contribution >= 0.6 is 0 Å².